The van der Waals surface area contributed by atoms with E-state index >= 15 is 0 Å². The van der Waals surface area contributed by atoms with Gasteiger partial charge in [0.1, 0.15) is 0 Å². The average molecular weight is 183 g/mol. The molecule has 1 aliphatic heterocycles. The maximum atomic E-state index is 10.8. The number of nitrogens with zero attached hydrogens (tertiary/aromatic N) is 2. The highest BCUT2D eigenvalue weighted by atomic mass is 32.1. The predicted octanol–water partition coefficient (Wildman–Crippen LogP) is 0.00688. The van der Waals surface area contributed by atoms with Gasteiger partial charge < -0.3 is 10.2 Å². The molecule has 1 aliphatic rings. The summed E-state index contributed by atoms with van der Waals surface area (Å²) in [6, 6.07) is 2.03. The summed E-state index contributed by atoms with van der Waals surface area (Å²) in [5.41, 5.74) is 0. The van der Waals surface area contributed by atoms with Crippen LogP contribution in [-0.2, 0) is 4.79 Å². The van der Waals surface area contributed by atoms with E-state index < -0.39 is 0 Å². The number of hydrogen-bond donors (Lipinski definition) is 1. The van der Waals surface area contributed by atoms with E-state index in [2.05, 4.69) is 5.32 Å². The van der Waals surface area contributed by atoms with Crippen molar-refractivity contribution in [1.29, 1.82) is 5.26 Å². The summed E-state index contributed by atoms with van der Waals surface area (Å²) in [6.45, 7) is 1.24. The zero-order chi connectivity index (χ0) is 8.97. The molecular weight excluding hydrogens is 174 g/mol. The van der Waals surface area contributed by atoms with E-state index in [1.54, 1.807) is 0 Å². The third-order valence-electron chi connectivity index (χ3n) is 1.64. The summed E-state index contributed by atoms with van der Waals surface area (Å²) in [7, 11) is 0. The Labute approximate surface area is 76.1 Å². The molecule has 0 aromatic heterocycles. The SMILES string of the molecule is N#CCCN1CCC(=O)NC1=S. The molecule has 0 unspecified atom stereocenters. The highest BCUT2D eigenvalue weighted by molar-refractivity contribution is 7.80. The maximum Gasteiger partial charge on any atom is 0.227 e. The average Bonchev–Trinajstić information content (AvgIpc) is 2.03. The molecule has 0 aliphatic carbocycles. The molecule has 0 saturated carbocycles. The van der Waals surface area contributed by atoms with E-state index in [0.717, 1.165) is 0 Å². The molecular formula is C7H9N3OS. The number of rotatable bonds is 2. The number of carbonyl (C=O) groups is 1. The minimum atomic E-state index is -0.0341. The monoisotopic (exact) mass is 183 g/mol. The Balaban J connectivity index is 2.41. The molecule has 1 rings (SSSR count). The Morgan fingerprint density at radius 1 is 1.75 bits per heavy atom. The van der Waals surface area contributed by atoms with Crippen LogP contribution >= 0.6 is 12.2 Å². The highest BCUT2D eigenvalue weighted by Crippen LogP contribution is 2.00. The topological polar surface area (TPSA) is 56.1 Å². The smallest absolute Gasteiger partial charge is 0.227 e. The zero-order valence-corrected chi connectivity index (χ0v) is 7.36. The second-order valence-corrected chi connectivity index (χ2v) is 2.89. The lowest BCUT2D eigenvalue weighted by molar-refractivity contribution is -0.120. The van der Waals surface area contributed by atoms with Crippen molar-refractivity contribution in [3.8, 4) is 6.07 Å². The van der Waals surface area contributed by atoms with Crippen LogP contribution in [0.2, 0.25) is 0 Å². The van der Waals surface area contributed by atoms with Crippen molar-refractivity contribution in [2.24, 2.45) is 0 Å². The standard InChI is InChI=1S/C7H9N3OS/c8-3-1-4-10-5-2-6(11)9-7(10)12/h1-2,4-5H2,(H,9,11,12). The van der Waals surface area contributed by atoms with Crippen LogP contribution < -0.4 is 5.32 Å². The molecule has 64 valence electrons. The Bertz CT molecular complexity index is 246. The fraction of sp³-hybridized carbons (Fsp3) is 0.571. The first-order valence-corrected chi connectivity index (χ1v) is 4.10. The number of thiocarbonyl (C=S) groups is 1. The molecule has 1 fully saturated rings. The zero-order valence-electron chi connectivity index (χ0n) is 6.54. The molecule has 1 heterocycles. The fourth-order valence-electron chi connectivity index (χ4n) is 0.997. The van der Waals surface area contributed by atoms with Crippen LogP contribution in [0.5, 0.6) is 0 Å². The predicted molar refractivity (Wildman–Crippen MR) is 47.2 cm³/mol. The van der Waals surface area contributed by atoms with E-state index in [1.165, 1.54) is 0 Å². The lowest BCUT2D eigenvalue weighted by atomic mass is 10.3. The molecule has 5 heteroatoms. The van der Waals surface area contributed by atoms with Gasteiger partial charge in [0.25, 0.3) is 0 Å². The first kappa shape index (κ1) is 8.94. The molecule has 0 atom stereocenters. The van der Waals surface area contributed by atoms with E-state index in [0.29, 0.717) is 31.0 Å². The summed E-state index contributed by atoms with van der Waals surface area (Å²) in [5.74, 6) is -0.0341. The van der Waals surface area contributed by atoms with Gasteiger partial charge in [-0.05, 0) is 12.2 Å². The number of nitriles is 1. The quantitative estimate of drug-likeness (QED) is 0.612. The van der Waals surface area contributed by atoms with Gasteiger partial charge in [0.05, 0.1) is 12.5 Å². The van der Waals surface area contributed by atoms with Crippen molar-refractivity contribution >= 4 is 23.2 Å². The first-order chi connectivity index (χ1) is 5.74. The van der Waals surface area contributed by atoms with Gasteiger partial charge in [-0.15, -0.1) is 0 Å². The molecule has 12 heavy (non-hydrogen) atoms. The highest BCUT2D eigenvalue weighted by Gasteiger charge is 2.18. The second kappa shape index (κ2) is 4.02. The van der Waals surface area contributed by atoms with Gasteiger partial charge in [-0.2, -0.15) is 5.26 Å². The summed E-state index contributed by atoms with van der Waals surface area (Å²) in [4.78, 5) is 12.6. The largest absolute Gasteiger partial charge is 0.347 e. The minimum Gasteiger partial charge on any atom is -0.347 e. The van der Waals surface area contributed by atoms with Crippen LogP contribution in [0.3, 0.4) is 0 Å². The van der Waals surface area contributed by atoms with Crippen LogP contribution in [0, 0.1) is 11.3 Å². The van der Waals surface area contributed by atoms with Crippen molar-refractivity contribution in [2.75, 3.05) is 13.1 Å². The van der Waals surface area contributed by atoms with Gasteiger partial charge in [-0.3, -0.25) is 4.79 Å². The van der Waals surface area contributed by atoms with E-state index in [1.807, 2.05) is 11.0 Å². The van der Waals surface area contributed by atoms with Crippen molar-refractivity contribution in [1.82, 2.24) is 10.2 Å². The maximum absolute atomic E-state index is 10.8. The van der Waals surface area contributed by atoms with Crippen LogP contribution in [0.25, 0.3) is 0 Å². The number of carbonyl (C=O) groups excluding carboxylic acids is 1. The fourth-order valence-corrected chi connectivity index (χ4v) is 1.29. The third-order valence-corrected chi connectivity index (χ3v) is 2.00. The minimum absolute atomic E-state index is 0.0341. The lowest BCUT2D eigenvalue weighted by Gasteiger charge is -2.28. The van der Waals surface area contributed by atoms with Crippen LogP contribution in [0.15, 0.2) is 0 Å². The summed E-state index contributed by atoms with van der Waals surface area (Å²) >= 11 is 4.90. The molecule has 0 aromatic rings. The number of nitrogens with one attached hydrogen (secondary N) is 1. The Morgan fingerprint density at radius 3 is 3.08 bits per heavy atom. The Hall–Kier alpha value is -1.15. The van der Waals surface area contributed by atoms with E-state index in [-0.39, 0.29) is 5.91 Å². The lowest BCUT2D eigenvalue weighted by Crippen LogP contribution is -2.49. The van der Waals surface area contributed by atoms with Gasteiger partial charge in [-0.25, -0.2) is 0 Å². The molecule has 0 radical (unpaired) electrons. The molecule has 0 aromatic carbocycles. The molecule has 0 bridgehead atoms. The van der Waals surface area contributed by atoms with Crippen LogP contribution in [0.4, 0.5) is 0 Å². The molecule has 1 N–H and O–H groups in total. The van der Waals surface area contributed by atoms with Gasteiger partial charge in [0.15, 0.2) is 5.11 Å². The van der Waals surface area contributed by atoms with Crippen molar-refractivity contribution in [3.63, 3.8) is 0 Å². The number of amides is 1. The molecule has 0 spiro atoms. The van der Waals surface area contributed by atoms with Gasteiger partial charge in [-0.1, -0.05) is 0 Å². The first-order valence-electron chi connectivity index (χ1n) is 3.70. The normalized spacial score (nSPS) is 17.1. The summed E-state index contributed by atoms with van der Waals surface area (Å²) in [5, 5.41) is 11.3. The Kier molecular flexibility index (Phi) is 3.00. The van der Waals surface area contributed by atoms with Crippen molar-refractivity contribution in [2.45, 2.75) is 12.8 Å². The molecule has 4 nitrogen and oxygen atoms in total. The Morgan fingerprint density at radius 2 is 2.50 bits per heavy atom. The molecule has 1 saturated heterocycles. The molecule has 1 amide bonds. The van der Waals surface area contributed by atoms with Gasteiger partial charge in [0, 0.05) is 19.5 Å². The van der Waals surface area contributed by atoms with Gasteiger partial charge >= 0.3 is 0 Å². The van der Waals surface area contributed by atoms with E-state index in [9.17, 15) is 4.79 Å². The van der Waals surface area contributed by atoms with Crippen molar-refractivity contribution in [3.05, 3.63) is 0 Å². The second-order valence-electron chi connectivity index (χ2n) is 2.50. The third kappa shape index (κ3) is 2.17. The number of hydrogen-bond acceptors (Lipinski definition) is 3. The summed E-state index contributed by atoms with van der Waals surface area (Å²) in [6.07, 6.45) is 0.904. The van der Waals surface area contributed by atoms with Crippen molar-refractivity contribution < 1.29 is 4.79 Å². The van der Waals surface area contributed by atoms with Crippen LogP contribution in [-0.4, -0.2) is 29.0 Å². The van der Waals surface area contributed by atoms with Crippen LogP contribution in [0.1, 0.15) is 12.8 Å². The summed E-state index contributed by atoms with van der Waals surface area (Å²) < 4.78 is 0. The van der Waals surface area contributed by atoms with Gasteiger partial charge in [0.2, 0.25) is 5.91 Å². The van der Waals surface area contributed by atoms with E-state index in [4.69, 9.17) is 17.5 Å².